The normalized spacial score (nSPS) is 11.4. The Bertz CT molecular complexity index is 893. The van der Waals surface area contributed by atoms with Crippen LogP contribution in [0.15, 0.2) is 30.3 Å². The lowest BCUT2D eigenvalue weighted by Gasteiger charge is -2.17. The number of methoxy groups -OCH3 is 3. The molecule has 0 unspecified atom stereocenters. The Hall–Kier alpha value is -3.22. The fourth-order valence-corrected chi connectivity index (χ4v) is 2.87. The van der Waals surface area contributed by atoms with E-state index in [1.807, 2.05) is 39.0 Å². The molecule has 2 aromatic carbocycles. The molecule has 0 aliphatic carbocycles. The van der Waals surface area contributed by atoms with E-state index in [4.69, 9.17) is 18.9 Å². The van der Waals surface area contributed by atoms with Gasteiger partial charge in [0.05, 0.1) is 27.4 Å². The first-order valence-electron chi connectivity index (χ1n) is 9.15. The largest absolute Gasteiger partial charge is 0.493 e. The van der Waals surface area contributed by atoms with Gasteiger partial charge in [0.25, 0.3) is 5.91 Å². The molecule has 0 aliphatic heterocycles. The topological polar surface area (TPSA) is 83.1 Å². The van der Waals surface area contributed by atoms with E-state index in [9.17, 15) is 9.59 Å². The summed E-state index contributed by atoms with van der Waals surface area (Å²) < 4.78 is 20.9. The van der Waals surface area contributed by atoms with Crippen molar-refractivity contribution in [1.82, 2.24) is 5.32 Å². The number of ether oxygens (including phenoxy) is 4. The zero-order chi connectivity index (χ0) is 21.6. The summed E-state index contributed by atoms with van der Waals surface area (Å²) >= 11 is 0. The molecule has 0 heterocycles. The summed E-state index contributed by atoms with van der Waals surface area (Å²) in [4.78, 5) is 24.7. The molecule has 29 heavy (non-hydrogen) atoms. The number of amides is 1. The van der Waals surface area contributed by atoms with E-state index in [-0.39, 0.29) is 23.1 Å². The second-order valence-electron chi connectivity index (χ2n) is 6.59. The summed E-state index contributed by atoms with van der Waals surface area (Å²) in [5.74, 6) is -0.223. The van der Waals surface area contributed by atoms with Gasteiger partial charge in [0, 0.05) is 0 Å². The standard InChI is InChI=1S/C22H27NO6/c1-13-7-8-16(11-14(13)2)15(3)23-19(24)12-29-22(25)17-9-10-18(26-4)21(28-6)20(17)27-5/h7-11,15H,12H2,1-6H3,(H,23,24)/t15-/m0/s1. The zero-order valence-electron chi connectivity index (χ0n) is 17.6. The Morgan fingerprint density at radius 3 is 2.21 bits per heavy atom. The van der Waals surface area contributed by atoms with Crippen molar-refractivity contribution in [3.05, 3.63) is 52.6 Å². The number of carbonyl (C=O) groups excluding carboxylic acids is 2. The second kappa shape index (κ2) is 9.82. The van der Waals surface area contributed by atoms with E-state index in [2.05, 4.69) is 5.32 Å². The lowest BCUT2D eigenvalue weighted by Crippen LogP contribution is -2.31. The van der Waals surface area contributed by atoms with Crippen molar-refractivity contribution < 1.29 is 28.5 Å². The van der Waals surface area contributed by atoms with Crippen LogP contribution in [0, 0.1) is 13.8 Å². The molecular weight excluding hydrogens is 374 g/mol. The van der Waals surface area contributed by atoms with Gasteiger partial charge in [-0.15, -0.1) is 0 Å². The Labute approximate surface area is 170 Å². The first-order valence-corrected chi connectivity index (χ1v) is 9.15. The van der Waals surface area contributed by atoms with E-state index < -0.39 is 18.5 Å². The average Bonchev–Trinajstić information content (AvgIpc) is 2.72. The molecule has 0 spiro atoms. The summed E-state index contributed by atoms with van der Waals surface area (Å²) in [6.45, 7) is 5.52. The molecule has 1 amide bonds. The maximum absolute atomic E-state index is 12.5. The van der Waals surface area contributed by atoms with Crippen molar-refractivity contribution >= 4 is 11.9 Å². The van der Waals surface area contributed by atoms with Crippen LogP contribution in [-0.4, -0.2) is 39.8 Å². The predicted molar refractivity (Wildman–Crippen MR) is 109 cm³/mol. The Kier molecular flexibility index (Phi) is 7.47. The quantitative estimate of drug-likeness (QED) is 0.683. The molecule has 7 nitrogen and oxygen atoms in total. The van der Waals surface area contributed by atoms with Crippen LogP contribution in [0.1, 0.15) is 40.0 Å². The third-order valence-corrected chi connectivity index (χ3v) is 4.67. The van der Waals surface area contributed by atoms with Crippen LogP contribution in [0.4, 0.5) is 0 Å². The van der Waals surface area contributed by atoms with Gasteiger partial charge in [-0.3, -0.25) is 4.79 Å². The fourth-order valence-electron chi connectivity index (χ4n) is 2.87. The molecule has 0 saturated heterocycles. The minimum Gasteiger partial charge on any atom is -0.493 e. The fraction of sp³-hybridized carbons (Fsp3) is 0.364. The van der Waals surface area contributed by atoms with Crippen molar-refractivity contribution in [2.24, 2.45) is 0 Å². The molecule has 7 heteroatoms. The van der Waals surface area contributed by atoms with Crippen molar-refractivity contribution in [3.8, 4) is 17.2 Å². The van der Waals surface area contributed by atoms with Crippen LogP contribution >= 0.6 is 0 Å². The Morgan fingerprint density at radius 1 is 0.931 bits per heavy atom. The highest BCUT2D eigenvalue weighted by molar-refractivity contribution is 5.95. The maximum atomic E-state index is 12.5. The lowest BCUT2D eigenvalue weighted by atomic mass is 10.0. The number of carbonyl (C=O) groups is 2. The summed E-state index contributed by atoms with van der Waals surface area (Å²) in [6.07, 6.45) is 0. The molecule has 0 saturated carbocycles. The molecule has 2 aromatic rings. The van der Waals surface area contributed by atoms with Gasteiger partial charge in [-0.2, -0.15) is 0 Å². The van der Waals surface area contributed by atoms with Gasteiger partial charge < -0.3 is 24.3 Å². The SMILES string of the molecule is COc1ccc(C(=O)OCC(=O)N[C@@H](C)c2ccc(C)c(C)c2)c(OC)c1OC. The molecular formula is C22H27NO6. The zero-order valence-corrected chi connectivity index (χ0v) is 17.6. The van der Waals surface area contributed by atoms with Gasteiger partial charge in [0.1, 0.15) is 5.56 Å². The van der Waals surface area contributed by atoms with E-state index in [0.717, 1.165) is 11.1 Å². The molecule has 0 radical (unpaired) electrons. The molecule has 1 atom stereocenters. The van der Waals surface area contributed by atoms with Crippen LogP contribution in [0.2, 0.25) is 0 Å². The minimum absolute atomic E-state index is 0.139. The van der Waals surface area contributed by atoms with Crippen molar-refractivity contribution in [2.75, 3.05) is 27.9 Å². The predicted octanol–water partition coefficient (Wildman–Crippen LogP) is 3.36. The number of rotatable bonds is 8. The highest BCUT2D eigenvalue weighted by atomic mass is 16.5. The molecule has 0 bridgehead atoms. The van der Waals surface area contributed by atoms with Gasteiger partial charge in [0.15, 0.2) is 18.1 Å². The number of benzene rings is 2. The number of hydrogen-bond acceptors (Lipinski definition) is 6. The van der Waals surface area contributed by atoms with E-state index in [0.29, 0.717) is 5.75 Å². The van der Waals surface area contributed by atoms with Crippen molar-refractivity contribution in [2.45, 2.75) is 26.8 Å². The summed E-state index contributed by atoms with van der Waals surface area (Å²) in [5.41, 5.74) is 3.45. The van der Waals surface area contributed by atoms with Crippen LogP contribution in [0.5, 0.6) is 17.2 Å². The van der Waals surface area contributed by atoms with E-state index >= 15 is 0 Å². The molecule has 1 N–H and O–H groups in total. The lowest BCUT2D eigenvalue weighted by molar-refractivity contribution is -0.124. The summed E-state index contributed by atoms with van der Waals surface area (Å²) in [5, 5.41) is 2.83. The Morgan fingerprint density at radius 2 is 1.62 bits per heavy atom. The second-order valence-corrected chi connectivity index (χ2v) is 6.59. The molecule has 0 aliphatic rings. The highest BCUT2D eigenvalue weighted by Gasteiger charge is 2.22. The third kappa shape index (κ3) is 5.19. The van der Waals surface area contributed by atoms with Gasteiger partial charge in [-0.1, -0.05) is 18.2 Å². The van der Waals surface area contributed by atoms with Crippen LogP contribution < -0.4 is 19.5 Å². The molecule has 156 valence electrons. The van der Waals surface area contributed by atoms with Crippen LogP contribution in [-0.2, 0) is 9.53 Å². The summed E-state index contributed by atoms with van der Waals surface area (Å²) in [7, 11) is 4.33. The number of aryl methyl sites for hydroxylation is 2. The number of hydrogen-bond donors (Lipinski definition) is 1. The van der Waals surface area contributed by atoms with E-state index in [1.165, 1.54) is 33.0 Å². The molecule has 0 aromatic heterocycles. The van der Waals surface area contributed by atoms with E-state index in [1.54, 1.807) is 6.07 Å². The monoisotopic (exact) mass is 401 g/mol. The van der Waals surface area contributed by atoms with Gasteiger partial charge >= 0.3 is 5.97 Å². The van der Waals surface area contributed by atoms with Crippen LogP contribution in [0.3, 0.4) is 0 Å². The minimum atomic E-state index is -0.697. The highest BCUT2D eigenvalue weighted by Crippen LogP contribution is 2.39. The third-order valence-electron chi connectivity index (χ3n) is 4.67. The molecule has 2 rings (SSSR count). The smallest absolute Gasteiger partial charge is 0.342 e. The van der Waals surface area contributed by atoms with Gasteiger partial charge in [-0.05, 0) is 49.6 Å². The number of nitrogens with one attached hydrogen (secondary N) is 1. The van der Waals surface area contributed by atoms with Crippen molar-refractivity contribution in [1.29, 1.82) is 0 Å². The van der Waals surface area contributed by atoms with Gasteiger partial charge in [-0.25, -0.2) is 4.79 Å². The maximum Gasteiger partial charge on any atom is 0.342 e. The Balaban J connectivity index is 2.03. The average molecular weight is 401 g/mol. The van der Waals surface area contributed by atoms with Crippen molar-refractivity contribution in [3.63, 3.8) is 0 Å². The summed E-state index contributed by atoms with van der Waals surface area (Å²) in [6, 6.07) is 8.86. The molecule has 0 fully saturated rings. The van der Waals surface area contributed by atoms with Crippen LogP contribution in [0.25, 0.3) is 0 Å². The first-order chi connectivity index (χ1) is 13.8. The van der Waals surface area contributed by atoms with Gasteiger partial charge in [0.2, 0.25) is 5.75 Å². The number of esters is 1. The first kappa shape index (κ1) is 22.1.